The van der Waals surface area contributed by atoms with Gasteiger partial charge in [-0.3, -0.25) is 4.98 Å². The second-order valence-electron chi connectivity index (χ2n) is 6.54. The number of ether oxygens (including phenoxy) is 1. The summed E-state index contributed by atoms with van der Waals surface area (Å²) in [6.07, 6.45) is -1.48. The largest absolute Gasteiger partial charge is 0.418 e. The van der Waals surface area contributed by atoms with Gasteiger partial charge in [-0.1, -0.05) is 26.0 Å². The van der Waals surface area contributed by atoms with E-state index in [0.717, 1.165) is 31.1 Å². The SMILES string of the molecule is CCN(CC)CCOCc1ncc2ccc(-c3ncccc3C(F)(F)F)cc2n1. The van der Waals surface area contributed by atoms with E-state index in [0.29, 0.717) is 23.5 Å². The van der Waals surface area contributed by atoms with Crippen LogP contribution in [-0.2, 0) is 17.5 Å². The van der Waals surface area contributed by atoms with Crippen LogP contribution in [0.3, 0.4) is 0 Å². The van der Waals surface area contributed by atoms with E-state index < -0.39 is 11.7 Å². The number of hydrogen-bond donors (Lipinski definition) is 0. The van der Waals surface area contributed by atoms with Crippen LogP contribution in [0.2, 0.25) is 0 Å². The van der Waals surface area contributed by atoms with E-state index in [1.807, 2.05) is 0 Å². The molecule has 5 nitrogen and oxygen atoms in total. The van der Waals surface area contributed by atoms with Crippen molar-refractivity contribution >= 4 is 10.9 Å². The van der Waals surface area contributed by atoms with Gasteiger partial charge in [-0.05, 0) is 31.3 Å². The van der Waals surface area contributed by atoms with Crippen LogP contribution < -0.4 is 0 Å². The highest BCUT2D eigenvalue weighted by atomic mass is 19.4. The molecule has 0 saturated heterocycles. The molecule has 0 aliphatic heterocycles. The monoisotopic (exact) mass is 404 g/mol. The standard InChI is InChI=1S/C21H23F3N4O/c1-3-28(4-2)10-11-29-14-19-26-13-16-8-7-15(12-18(16)27-19)20-17(21(22,23)24)6-5-9-25-20/h5-9,12-13H,3-4,10-11,14H2,1-2H3. The maximum absolute atomic E-state index is 13.3. The maximum Gasteiger partial charge on any atom is 0.418 e. The van der Waals surface area contributed by atoms with Crippen LogP contribution in [0.5, 0.6) is 0 Å². The van der Waals surface area contributed by atoms with Crippen molar-refractivity contribution in [3.63, 3.8) is 0 Å². The Morgan fingerprint density at radius 1 is 1.07 bits per heavy atom. The van der Waals surface area contributed by atoms with Crippen molar-refractivity contribution in [1.29, 1.82) is 0 Å². The molecule has 0 atom stereocenters. The lowest BCUT2D eigenvalue weighted by molar-refractivity contribution is -0.137. The number of pyridine rings is 1. The van der Waals surface area contributed by atoms with Gasteiger partial charge in [0.2, 0.25) is 0 Å². The molecule has 1 aromatic carbocycles. The second-order valence-corrected chi connectivity index (χ2v) is 6.54. The van der Waals surface area contributed by atoms with Gasteiger partial charge in [0.05, 0.1) is 23.4 Å². The fraction of sp³-hybridized carbons (Fsp3) is 0.381. The van der Waals surface area contributed by atoms with Crippen LogP contribution in [0, 0.1) is 0 Å². The molecule has 3 rings (SSSR count). The molecule has 0 bridgehead atoms. The van der Waals surface area contributed by atoms with Crippen LogP contribution in [-0.4, -0.2) is 46.1 Å². The number of aromatic nitrogens is 3. The predicted octanol–water partition coefficient (Wildman–Crippen LogP) is 4.57. The quantitative estimate of drug-likeness (QED) is 0.515. The number of alkyl halides is 3. The van der Waals surface area contributed by atoms with Crippen molar-refractivity contribution in [2.75, 3.05) is 26.2 Å². The van der Waals surface area contributed by atoms with Crippen LogP contribution >= 0.6 is 0 Å². The number of rotatable bonds is 8. The molecule has 0 fully saturated rings. The molecular formula is C21H23F3N4O. The lowest BCUT2D eigenvalue weighted by Gasteiger charge is -2.17. The summed E-state index contributed by atoms with van der Waals surface area (Å²) in [5.74, 6) is 0.492. The average Bonchev–Trinajstić information content (AvgIpc) is 2.72. The van der Waals surface area contributed by atoms with Crippen molar-refractivity contribution in [2.45, 2.75) is 26.6 Å². The van der Waals surface area contributed by atoms with Gasteiger partial charge < -0.3 is 9.64 Å². The minimum atomic E-state index is -4.48. The Kier molecular flexibility index (Phi) is 6.76. The molecule has 0 spiro atoms. The van der Waals surface area contributed by atoms with Crippen molar-refractivity contribution in [1.82, 2.24) is 19.9 Å². The van der Waals surface area contributed by atoms with Crippen molar-refractivity contribution in [2.24, 2.45) is 0 Å². The Balaban J connectivity index is 1.80. The molecule has 0 aliphatic rings. The summed E-state index contributed by atoms with van der Waals surface area (Å²) in [6, 6.07) is 7.22. The number of benzene rings is 1. The van der Waals surface area contributed by atoms with Gasteiger partial charge in [0.25, 0.3) is 0 Å². The Bertz CT molecular complexity index is 958. The molecule has 2 heterocycles. The summed E-state index contributed by atoms with van der Waals surface area (Å²) in [5.41, 5.74) is 0.0297. The summed E-state index contributed by atoms with van der Waals surface area (Å²) in [5, 5.41) is 0.741. The molecule has 8 heteroatoms. The third-order valence-corrected chi connectivity index (χ3v) is 4.70. The lowest BCUT2D eigenvalue weighted by Crippen LogP contribution is -2.27. The fourth-order valence-electron chi connectivity index (χ4n) is 3.04. The van der Waals surface area contributed by atoms with Gasteiger partial charge in [0, 0.05) is 29.9 Å². The molecular weight excluding hydrogens is 381 g/mol. The van der Waals surface area contributed by atoms with Crippen LogP contribution in [0.4, 0.5) is 13.2 Å². The smallest absolute Gasteiger partial charge is 0.372 e. The van der Waals surface area contributed by atoms with Crippen molar-refractivity contribution in [3.05, 3.63) is 54.1 Å². The van der Waals surface area contributed by atoms with Gasteiger partial charge in [-0.15, -0.1) is 0 Å². The van der Waals surface area contributed by atoms with Crippen molar-refractivity contribution in [3.8, 4) is 11.3 Å². The maximum atomic E-state index is 13.3. The molecule has 0 saturated carbocycles. The molecule has 0 unspecified atom stereocenters. The Morgan fingerprint density at radius 2 is 1.86 bits per heavy atom. The first kappa shape index (κ1) is 21.1. The molecule has 29 heavy (non-hydrogen) atoms. The molecule has 2 aromatic heterocycles. The molecule has 0 radical (unpaired) electrons. The number of nitrogens with zero attached hydrogens (tertiary/aromatic N) is 4. The lowest BCUT2D eigenvalue weighted by atomic mass is 10.0. The third kappa shape index (κ3) is 5.27. The zero-order chi connectivity index (χ0) is 20.9. The zero-order valence-electron chi connectivity index (χ0n) is 16.4. The normalized spacial score (nSPS) is 12.1. The topological polar surface area (TPSA) is 51.1 Å². The molecule has 0 amide bonds. The molecule has 154 valence electrons. The number of hydrogen-bond acceptors (Lipinski definition) is 5. The minimum absolute atomic E-state index is 0.113. The fourth-order valence-corrected chi connectivity index (χ4v) is 3.04. The summed E-state index contributed by atoms with van der Waals surface area (Å²) in [4.78, 5) is 14.9. The first-order valence-electron chi connectivity index (χ1n) is 9.50. The minimum Gasteiger partial charge on any atom is -0.372 e. The highest BCUT2D eigenvalue weighted by molar-refractivity contribution is 5.83. The van der Waals surface area contributed by atoms with Gasteiger partial charge in [-0.25, -0.2) is 9.97 Å². The summed E-state index contributed by atoms with van der Waals surface area (Å²) < 4.78 is 45.6. The Labute approximate surface area is 167 Å². The highest BCUT2D eigenvalue weighted by Gasteiger charge is 2.34. The van der Waals surface area contributed by atoms with E-state index in [1.54, 1.807) is 24.4 Å². The summed E-state index contributed by atoms with van der Waals surface area (Å²) >= 11 is 0. The summed E-state index contributed by atoms with van der Waals surface area (Å²) in [7, 11) is 0. The summed E-state index contributed by atoms with van der Waals surface area (Å²) in [6.45, 7) is 7.75. The van der Waals surface area contributed by atoms with Crippen LogP contribution in [0.1, 0.15) is 25.2 Å². The average molecular weight is 404 g/mol. The Hall–Kier alpha value is -2.58. The van der Waals surface area contributed by atoms with Gasteiger partial charge in [-0.2, -0.15) is 13.2 Å². The van der Waals surface area contributed by atoms with E-state index >= 15 is 0 Å². The number of likely N-dealkylation sites (N-methyl/N-ethyl adjacent to an activating group) is 1. The molecule has 0 N–H and O–H groups in total. The van der Waals surface area contributed by atoms with E-state index in [-0.39, 0.29) is 12.3 Å². The van der Waals surface area contributed by atoms with Crippen LogP contribution in [0.25, 0.3) is 22.2 Å². The second kappa shape index (κ2) is 9.28. The first-order valence-corrected chi connectivity index (χ1v) is 9.50. The van der Waals surface area contributed by atoms with E-state index in [1.165, 1.54) is 12.3 Å². The van der Waals surface area contributed by atoms with E-state index in [9.17, 15) is 13.2 Å². The Morgan fingerprint density at radius 3 is 2.59 bits per heavy atom. The molecule has 0 aliphatic carbocycles. The first-order chi connectivity index (χ1) is 13.9. The van der Waals surface area contributed by atoms with E-state index in [2.05, 4.69) is 33.7 Å². The predicted molar refractivity (Wildman–Crippen MR) is 105 cm³/mol. The highest BCUT2D eigenvalue weighted by Crippen LogP contribution is 2.36. The van der Waals surface area contributed by atoms with Gasteiger partial charge in [0.15, 0.2) is 5.82 Å². The van der Waals surface area contributed by atoms with Gasteiger partial charge in [0.1, 0.15) is 6.61 Å². The van der Waals surface area contributed by atoms with E-state index in [4.69, 9.17) is 4.74 Å². The van der Waals surface area contributed by atoms with Gasteiger partial charge >= 0.3 is 6.18 Å². The van der Waals surface area contributed by atoms with Crippen LogP contribution in [0.15, 0.2) is 42.7 Å². The van der Waals surface area contributed by atoms with Crippen molar-refractivity contribution < 1.29 is 17.9 Å². The zero-order valence-corrected chi connectivity index (χ0v) is 16.4. The molecule has 3 aromatic rings. The number of halogens is 3. The number of fused-ring (bicyclic) bond motifs is 1. The third-order valence-electron chi connectivity index (χ3n) is 4.70.